The molecule has 20 heavy (non-hydrogen) atoms. The van der Waals surface area contributed by atoms with Crippen molar-refractivity contribution in [3.05, 3.63) is 24.3 Å². The molecule has 1 fully saturated rings. The number of ether oxygens (including phenoxy) is 1. The smallest absolute Gasteiger partial charge is 0.142 e. The Hall–Kier alpha value is -1.22. The fourth-order valence-electron chi connectivity index (χ4n) is 3.37. The lowest BCUT2D eigenvalue weighted by atomic mass is 9.98. The number of benzene rings is 1. The summed E-state index contributed by atoms with van der Waals surface area (Å²) in [5.41, 5.74) is 1.13. The zero-order valence-corrected chi connectivity index (χ0v) is 12.5. The molecule has 0 spiro atoms. The molecule has 2 unspecified atom stereocenters. The third-order valence-electron chi connectivity index (χ3n) is 4.68. The Bertz CT molecular complexity index is 435. The second kappa shape index (κ2) is 6.49. The lowest BCUT2D eigenvalue weighted by Crippen LogP contribution is -2.42. The molecule has 1 N–H and O–H groups in total. The number of hydrogen-bond donors (Lipinski definition) is 1. The van der Waals surface area contributed by atoms with Crippen molar-refractivity contribution < 1.29 is 4.74 Å². The standard InChI is InChI=1S/C17H26N2O/c1-2-14-6-5-10-19(11-9-14)13-15-12-18-16-7-3-4-8-17(16)20-15/h3-4,7-8,14-15,18H,2,5-6,9-13H2,1H3. The second-order valence-electron chi connectivity index (χ2n) is 6.12. The number of fused-ring (bicyclic) bond motifs is 1. The number of nitrogens with one attached hydrogen (secondary N) is 1. The molecule has 0 aromatic heterocycles. The van der Waals surface area contributed by atoms with E-state index in [1.165, 1.54) is 38.8 Å². The van der Waals surface area contributed by atoms with Crippen LogP contribution in [0.2, 0.25) is 0 Å². The molecule has 3 heteroatoms. The summed E-state index contributed by atoms with van der Waals surface area (Å²) >= 11 is 0. The van der Waals surface area contributed by atoms with Gasteiger partial charge in [0.15, 0.2) is 0 Å². The first-order valence-corrected chi connectivity index (χ1v) is 8.07. The Morgan fingerprint density at radius 1 is 1.25 bits per heavy atom. The highest BCUT2D eigenvalue weighted by atomic mass is 16.5. The summed E-state index contributed by atoms with van der Waals surface area (Å²) in [6.07, 6.45) is 5.72. The Labute approximate surface area is 122 Å². The van der Waals surface area contributed by atoms with Crippen LogP contribution in [0.1, 0.15) is 32.6 Å². The molecule has 3 nitrogen and oxygen atoms in total. The highest BCUT2D eigenvalue weighted by Crippen LogP contribution is 2.28. The van der Waals surface area contributed by atoms with Gasteiger partial charge in [-0.25, -0.2) is 0 Å². The zero-order chi connectivity index (χ0) is 13.8. The maximum absolute atomic E-state index is 6.12. The van der Waals surface area contributed by atoms with Crippen LogP contribution in [-0.2, 0) is 0 Å². The van der Waals surface area contributed by atoms with Crippen molar-refractivity contribution in [2.45, 2.75) is 38.7 Å². The predicted octanol–water partition coefficient (Wildman–Crippen LogP) is 3.37. The normalized spacial score (nSPS) is 27.1. The topological polar surface area (TPSA) is 24.5 Å². The molecule has 0 saturated carbocycles. The van der Waals surface area contributed by atoms with Gasteiger partial charge in [0.05, 0.1) is 12.2 Å². The van der Waals surface area contributed by atoms with E-state index in [0.717, 1.165) is 30.4 Å². The van der Waals surface area contributed by atoms with Crippen LogP contribution in [0, 0.1) is 5.92 Å². The molecular weight excluding hydrogens is 248 g/mol. The van der Waals surface area contributed by atoms with Crippen LogP contribution >= 0.6 is 0 Å². The van der Waals surface area contributed by atoms with Crippen LogP contribution in [0.5, 0.6) is 5.75 Å². The first kappa shape index (κ1) is 13.7. The third-order valence-corrected chi connectivity index (χ3v) is 4.68. The van der Waals surface area contributed by atoms with Gasteiger partial charge in [-0.2, -0.15) is 0 Å². The van der Waals surface area contributed by atoms with Crippen LogP contribution < -0.4 is 10.1 Å². The van der Waals surface area contributed by atoms with Gasteiger partial charge in [-0.15, -0.1) is 0 Å². The zero-order valence-electron chi connectivity index (χ0n) is 12.5. The van der Waals surface area contributed by atoms with Crippen molar-refractivity contribution >= 4 is 5.69 Å². The van der Waals surface area contributed by atoms with Crippen LogP contribution in [-0.4, -0.2) is 37.2 Å². The predicted molar refractivity (Wildman–Crippen MR) is 83.4 cm³/mol. The van der Waals surface area contributed by atoms with E-state index >= 15 is 0 Å². The van der Waals surface area contributed by atoms with Gasteiger partial charge >= 0.3 is 0 Å². The molecule has 0 aliphatic carbocycles. The van der Waals surface area contributed by atoms with Gasteiger partial charge in [-0.1, -0.05) is 25.5 Å². The molecule has 0 radical (unpaired) electrons. The van der Waals surface area contributed by atoms with E-state index in [9.17, 15) is 0 Å². The van der Waals surface area contributed by atoms with Crippen molar-refractivity contribution in [3.63, 3.8) is 0 Å². The molecule has 2 heterocycles. The molecule has 0 bridgehead atoms. The average molecular weight is 274 g/mol. The summed E-state index contributed by atoms with van der Waals surface area (Å²) in [5, 5.41) is 3.49. The van der Waals surface area contributed by atoms with Crippen molar-refractivity contribution in [2.24, 2.45) is 5.92 Å². The molecule has 110 valence electrons. The van der Waals surface area contributed by atoms with Gasteiger partial charge in [0.25, 0.3) is 0 Å². The van der Waals surface area contributed by atoms with Crippen molar-refractivity contribution in [1.29, 1.82) is 0 Å². The Morgan fingerprint density at radius 3 is 3.05 bits per heavy atom. The molecule has 1 saturated heterocycles. The highest BCUT2D eigenvalue weighted by molar-refractivity contribution is 5.57. The Kier molecular flexibility index (Phi) is 4.46. The fraction of sp³-hybridized carbons (Fsp3) is 0.647. The summed E-state index contributed by atoms with van der Waals surface area (Å²) in [4.78, 5) is 2.59. The van der Waals surface area contributed by atoms with E-state index in [4.69, 9.17) is 4.74 Å². The highest BCUT2D eigenvalue weighted by Gasteiger charge is 2.23. The number of anilines is 1. The minimum absolute atomic E-state index is 0.281. The molecule has 0 amide bonds. The number of para-hydroxylation sites is 2. The maximum Gasteiger partial charge on any atom is 0.142 e. The average Bonchev–Trinajstić information content (AvgIpc) is 2.72. The van der Waals surface area contributed by atoms with Crippen LogP contribution in [0.3, 0.4) is 0 Å². The molecule has 2 aliphatic heterocycles. The van der Waals surface area contributed by atoms with Crippen LogP contribution in [0.25, 0.3) is 0 Å². The maximum atomic E-state index is 6.12. The van der Waals surface area contributed by atoms with Gasteiger partial charge in [0.1, 0.15) is 11.9 Å². The lowest BCUT2D eigenvalue weighted by Gasteiger charge is -2.31. The van der Waals surface area contributed by atoms with Gasteiger partial charge in [0, 0.05) is 6.54 Å². The minimum Gasteiger partial charge on any atom is -0.485 e. The number of nitrogens with zero attached hydrogens (tertiary/aromatic N) is 1. The van der Waals surface area contributed by atoms with E-state index in [2.05, 4.69) is 35.3 Å². The van der Waals surface area contributed by atoms with E-state index in [1.807, 2.05) is 6.07 Å². The number of rotatable bonds is 3. The Balaban J connectivity index is 1.54. The molecule has 1 aromatic carbocycles. The van der Waals surface area contributed by atoms with Crippen molar-refractivity contribution in [2.75, 3.05) is 31.5 Å². The summed E-state index contributed by atoms with van der Waals surface area (Å²) < 4.78 is 6.12. The van der Waals surface area contributed by atoms with Gasteiger partial charge < -0.3 is 10.1 Å². The molecule has 2 atom stereocenters. The third kappa shape index (κ3) is 3.26. The Morgan fingerprint density at radius 2 is 2.15 bits per heavy atom. The van der Waals surface area contributed by atoms with Crippen LogP contribution in [0.15, 0.2) is 24.3 Å². The monoisotopic (exact) mass is 274 g/mol. The van der Waals surface area contributed by atoms with Gasteiger partial charge in [-0.05, 0) is 50.4 Å². The first-order chi connectivity index (χ1) is 9.85. The summed E-state index contributed by atoms with van der Waals surface area (Å²) in [5.74, 6) is 1.94. The summed E-state index contributed by atoms with van der Waals surface area (Å²) in [6.45, 7) is 6.77. The van der Waals surface area contributed by atoms with E-state index in [1.54, 1.807) is 0 Å². The lowest BCUT2D eigenvalue weighted by molar-refractivity contribution is 0.137. The quantitative estimate of drug-likeness (QED) is 0.914. The number of likely N-dealkylation sites (tertiary alicyclic amines) is 1. The minimum atomic E-state index is 0.281. The molecular formula is C17H26N2O. The van der Waals surface area contributed by atoms with E-state index in [-0.39, 0.29) is 6.10 Å². The molecule has 1 aromatic rings. The second-order valence-corrected chi connectivity index (χ2v) is 6.12. The summed E-state index contributed by atoms with van der Waals surface area (Å²) in [7, 11) is 0. The van der Waals surface area contributed by atoms with Gasteiger partial charge in [-0.3, -0.25) is 4.90 Å². The van der Waals surface area contributed by atoms with Crippen LogP contribution in [0.4, 0.5) is 5.69 Å². The van der Waals surface area contributed by atoms with Gasteiger partial charge in [0.2, 0.25) is 0 Å². The summed E-state index contributed by atoms with van der Waals surface area (Å²) in [6, 6.07) is 8.24. The first-order valence-electron chi connectivity index (χ1n) is 8.07. The molecule has 3 rings (SSSR count). The van der Waals surface area contributed by atoms with E-state index in [0.29, 0.717) is 0 Å². The molecule has 2 aliphatic rings. The van der Waals surface area contributed by atoms with Crippen molar-refractivity contribution in [3.8, 4) is 5.75 Å². The largest absolute Gasteiger partial charge is 0.485 e. The van der Waals surface area contributed by atoms with E-state index < -0.39 is 0 Å². The number of hydrogen-bond acceptors (Lipinski definition) is 3. The SMILES string of the molecule is CCC1CCCN(CC2CNc3ccccc3O2)CC1. The fourth-order valence-corrected chi connectivity index (χ4v) is 3.37. The van der Waals surface area contributed by atoms with Crippen molar-refractivity contribution in [1.82, 2.24) is 4.90 Å².